The Bertz CT molecular complexity index is 1330. The minimum absolute atomic E-state index is 0.115. The Morgan fingerprint density at radius 3 is 2.38 bits per heavy atom. The van der Waals surface area contributed by atoms with E-state index in [-0.39, 0.29) is 18.2 Å². The minimum atomic E-state index is -0.305. The van der Waals surface area contributed by atoms with Crippen LogP contribution in [0.2, 0.25) is 0 Å². The van der Waals surface area contributed by atoms with Crippen molar-refractivity contribution < 1.29 is 14.3 Å². The number of amides is 1. The lowest BCUT2D eigenvalue weighted by Gasteiger charge is -2.33. The number of methoxy groups -OCH3 is 1. The summed E-state index contributed by atoms with van der Waals surface area (Å²) in [5, 5.41) is 0. The number of nitrogens with zero attached hydrogens (tertiary/aromatic N) is 3. The molecule has 1 aliphatic carbocycles. The molecule has 2 aromatic carbocycles. The zero-order valence-corrected chi connectivity index (χ0v) is 22.2. The predicted molar refractivity (Wildman–Crippen MR) is 145 cm³/mol. The van der Waals surface area contributed by atoms with Crippen molar-refractivity contribution in [1.29, 1.82) is 0 Å². The van der Waals surface area contributed by atoms with Crippen LogP contribution in [-0.4, -0.2) is 42.2 Å². The molecule has 6 rings (SSSR count). The van der Waals surface area contributed by atoms with E-state index in [1.165, 1.54) is 36.0 Å². The second-order valence-corrected chi connectivity index (χ2v) is 10.8. The van der Waals surface area contributed by atoms with Crippen molar-refractivity contribution in [2.75, 3.05) is 25.1 Å². The summed E-state index contributed by atoms with van der Waals surface area (Å²) < 4.78 is 11.7. The van der Waals surface area contributed by atoms with E-state index in [9.17, 15) is 4.79 Å². The molecule has 2 aliphatic heterocycles. The first-order valence-corrected chi connectivity index (χ1v) is 13.4. The Morgan fingerprint density at radius 2 is 1.73 bits per heavy atom. The second kappa shape index (κ2) is 9.40. The molecule has 37 heavy (non-hydrogen) atoms. The van der Waals surface area contributed by atoms with Crippen LogP contribution in [0.25, 0.3) is 11.1 Å². The fraction of sp³-hybridized carbons (Fsp3) is 0.419. The summed E-state index contributed by atoms with van der Waals surface area (Å²) in [4.78, 5) is 22.4. The maximum absolute atomic E-state index is 13.2. The number of ether oxygens (including phenoxy) is 2. The van der Waals surface area contributed by atoms with Crippen molar-refractivity contribution in [3.05, 3.63) is 76.5 Å². The number of carbonyl (C=O) groups excluding carboxylic acids is 1. The molecule has 0 bridgehead atoms. The molecule has 3 heterocycles. The number of hydrogen-bond donors (Lipinski definition) is 0. The smallest absolute Gasteiger partial charge is 0.411 e. The molecule has 0 N–H and O–H groups in total. The van der Waals surface area contributed by atoms with E-state index in [4.69, 9.17) is 14.5 Å². The normalized spacial score (nSPS) is 21.1. The van der Waals surface area contributed by atoms with Gasteiger partial charge < -0.3 is 14.4 Å². The minimum Gasteiger partial charge on any atom is -0.496 e. The van der Waals surface area contributed by atoms with Gasteiger partial charge in [-0.2, -0.15) is 0 Å². The lowest BCUT2D eigenvalue weighted by atomic mass is 9.97. The van der Waals surface area contributed by atoms with Gasteiger partial charge in [0.25, 0.3) is 0 Å². The molecule has 1 saturated carbocycles. The quantitative estimate of drug-likeness (QED) is 0.371. The maximum Gasteiger partial charge on any atom is 0.411 e. The number of carbonyl (C=O) groups is 1. The average molecular weight is 498 g/mol. The standard InChI is InChI=1S/C31H35N3O3/c1-19-14-20(2)16-24(15-19)30-21(3)34(31(35)37-30)18-27-25(9-11-29(32-27)33-12-5-13-33)26-17-23(22-6-7-22)8-10-28(26)36-4/h8-11,14-17,21-22,30H,5-7,12-13,18H2,1-4H3/t21-,30-/m0/s1. The highest BCUT2D eigenvalue weighted by molar-refractivity contribution is 5.76. The van der Waals surface area contributed by atoms with Gasteiger partial charge >= 0.3 is 6.09 Å². The highest BCUT2D eigenvalue weighted by Gasteiger charge is 2.40. The van der Waals surface area contributed by atoms with Crippen molar-refractivity contribution in [3.8, 4) is 16.9 Å². The molecule has 6 heteroatoms. The summed E-state index contributed by atoms with van der Waals surface area (Å²) >= 11 is 0. The van der Waals surface area contributed by atoms with E-state index in [1.807, 2.05) is 4.90 Å². The fourth-order valence-corrected chi connectivity index (χ4v) is 5.68. The van der Waals surface area contributed by atoms with Gasteiger partial charge in [-0.25, -0.2) is 9.78 Å². The van der Waals surface area contributed by atoms with E-state index >= 15 is 0 Å². The monoisotopic (exact) mass is 497 g/mol. The maximum atomic E-state index is 13.2. The Hall–Kier alpha value is -3.54. The zero-order valence-electron chi connectivity index (χ0n) is 22.2. The van der Waals surface area contributed by atoms with E-state index in [1.54, 1.807) is 7.11 Å². The van der Waals surface area contributed by atoms with Crippen molar-refractivity contribution in [3.63, 3.8) is 0 Å². The van der Waals surface area contributed by atoms with Crippen LogP contribution in [0.1, 0.15) is 66.2 Å². The van der Waals surface area contributed by atoms with E-state index in [0.717, 1.165) is 47.0 Å². The molecule has 192 valence electrons. The van der Waals surface area contributed by atoms with Crippen LogP contribution in [0.5, 0.6) is 5.75 Å². The van der Waals surface area contributed by atoms with E-state index in [2.05, 4.69) is 74.2 Å². The van der Waals surface area contributed by atoms with Gasteiger partial charge in [0.15, 0.2) is 0 Å². The zero-order chi connectivity index (χ0) is 25.7. The first-order chi connectivity index (χ1) is 17.9. The van der Waals surface area contributed by atoms with Crippen LogP contribution in [-0.2, 0) is 11.3 Å². The number of rotatable bonds is 7. The van der Waals surface area contributed by atoms with Gasteiger partial charge in [-0.1, -0.05) is 35.4 Å². The predicted octanol–water partition coefficient (Wildman–Crippen LogP) is 6.54. The van der Waals surface area contributed by atoms with Crippen molar-refractivity contribution in [2.45, 2.75) is 64.6 Å². The highest BCUT2D eigenvalue weighted by Crippen LogP contribution is 2.44. The Morgan fingerprint density at radius 1 is 0.973 bits per heavy atom. The molecule has 6 nitrogen and oxygen atoms in total. The number of anilines is 1. The molecule has 2 saturated heterocycles. The number of cyclic esters (lactones) is 1. The third-order valence-electron chi connectivity index (χ3n) is 7.99. The lowest BCUT2D eigenvalue weighted by molar-refractivity contribution is 0.130. The molecule has 0 spiro atoms. The summed E-state index contributed by atoms with van der Waals surface area (Å²) in [5.74, 6) is 2.43. The Labute approximate surface area is 219 Å². The van der Waals surface area contributed by atoms with E-state index < -0.39 is 0 Å². The van der Waals surface area contributed by atoms with Gasteiger partial charge in [0.1, 0.15) is 17.7 Å². The van der Waals surface area contributed by atoms with E-state index in [0.29, 0.717) is 12.5 Å². The first-order valence-electron chi connectivity index (χ1n) is 13.4. The van der Waals surface area contributed by atoms with Crippen LogP contribution in [0, 0.1) is 13.8 Å². The lowest BCUT2D eigenvalue weighted by Crippen LogP contribution is -2.38. The Balaban J connectivity index is 1.37. The van der Waals surface area contributed by atoms with Crippen LogP contribution >= 0.6 is 0 Å². The Kier molecular flexibility index (Phi) is 6.06. The van der Waals surface area contributed by atoms with Crippen LogP contribution in [0.4, 0.5) is 10.6 Å². The second-order valence-electron chi connectivity index (χ2n) is 10.8. The summed E-state index contributed by atoms with van der Waals surface area (Å²) in [7, 11) is 1.71. The molecule has 0 radical (unpaired) electrons. The molecule has 1 aromatic heterocycles. The van der Waals surface area contributed by atoms with Crippen LogP contribution in [0.15, 0.2) is 48.5 Å². The molecule has 3 aliphatic rings. The fourth-order valence-electron chi connectivity index (χ4n) is 5.68. The highest BCUT2D eigenvalue weighted by atomic mass is 16.6. The van der Waals surface area contributed by atoms with Crippen molar-refractivity contribution in [1.82, 2.24) is 9.88 Å². The number of aromatic nitrogens is 1. The molecule has 1 amide bonds. The number of hydrogen-bond acceptors (Lipinski definition) is 5. The SMILES string of the molecule is COc1ccc(C2CC2)cc1-c1ccc(N2CCC2)nc1CN1C(=O)O[C@H](c2cc(C)cc(C)c2)[C@@H]1C. The summed E-state index contributed by atoms with van der Waals surface area (Å²) in [6.45, 7) is 8.65. The first kappa shape index (κ1) is 23.8. The number of pyridine rings is 1. The largest absolute Gasteiger partial charge is 0.496 e. The summed E-state index contributed by atoms with van der Waals surface area (Å²) in [6.07, 6.45) is 3.06. The van der Waals surface area contributed by atoms with Crippen molar-refractivity contribution in [2.24, 2.45) is 0 Å². The number of aryl methyl sites for hydroxylation is 2. The van der Waals surface area contributed by atoms with Crippen LogP contribution in [0.3, 0.4) is 0 Å². The molecular weight excluding hydrogens is 462 g/mol. The summed E-state index contributed by atoms with van der Waals surface area (Å²) in [5.41, 5.74) is 7.66. The van der Waals surface area contributed by atoms with Crippen molar-refractivity contribution >= 4 is 11.9 Å². The molecule has 3 aromatic rings. The average Bonchev–Trinajstić information content (AvgIpc) is 3.65. The topological polar surface area (TPSA) is 54.9 Å². The number of benzene rings is 2. The van der Waals surface area contributed by atoms with Gasteiger partial charge in [0.05, 0.1) is 25.4 Å². The third-order valence-corrected chi connectivity index (χ3v) is 7.99. The van der Waals surface area contributed by atoms with Gasteiger partial charge in [0.2, 0.25) is 0 Å². The van der Waals surface area contributed by atoms with Gasteiger partial charge in [-0.05, 0) is 81.3 Å². The third kappa shape index (κ3) is 4.54. The molecular formula is C31H35N3O3. The van der Waals surface area contributed by atoms with Crippen LogP contribution < -0.4 is 9.64 Å². The molecule has 2 atom stereocenters. The van der Waals surface area contributed by atoms with Gasteiger partial charge in [-0.3, -0.25) is 4.90 Å². The summed E-state index contributed by atoms with van der Waals surface area (Å²) in [6, 6.07) is 17.0. The molecule has 0 unspecified atom stereocenters. The molecule has 3 fully saturated rings. The van der Waals surface area contributed by atoms with Gasteiger partial charge in [-0.15, -0.1) is 0 Å². The van der Waals surface area contributed by atoms with Gasteiger partial charge in [0, 0.05) is 24.2 Å².